The summed E-state index contributed by atoms with van der Waals surface area (Å²) in [6.45, 7) is 2.18. The monoisotopic (exact) mass is 248 g/mol. The normalized spacial score (nSPS) is 9.53. The zero-order chi connectivity index (χ0) is 13.5. The van der Waals surface area contributed by atoms with Gasteiger partial charge in [0.05, 0.1) is 0 Å². The summed E-state index contributed by atoms with van der Waals surface area (Å²) in [5.41, 5.74) is 3.96. The fourth-order valence-electron chi connectivity index (χ4n) is 1.83. The van der Waals surface area contributed by atoms with Gasteiger partial charge in [-0.05, 0) is 36.2 Å². The van der Waals surface area contributed by atoms with Crippen LogP contribution in [0.25, 0.3) is 0 Å². The summed E-state index contributed by atoms with van der Waals surface area (Å²) in [5, 5.41) is 0. The van der Waals surface area contributed by atoms with Crippen LogP contribution in [-0.4, -0.2) is 6.29 Å². The van der Waals surface area contributed by atoms with Crippen molar-refractivity contribution in [3.63, 3.8) is 0 Å². The number of carbonyl (C=O) groups excluding carboxylic acids is 1. The van der Waals surface area contributed by atoms with E-state index in [0.29, 0.717) is 5.56 Å². The molecule has 0 radical (unpaired) electrons. The molecule has 0 bridgehead atoms. The van der Waals surface area contributed by atoms with Crippen LogP contribution in [0, 0.1) is 11.8 Å². The average Bonchev–Trinajstić information content (AvgIpc) is 2.47. The van der Waals surface area contributed by atoms with Crippen LogP contribution >= 0.6 is 0 Å². The summed E-state index contributed by atoms with van der Waals surface area (Å²) in [6, 6.07) is 15.6. The first-order valence-corrected chi connectivity index (χ1v) is 6.48. The van der Waals surface area contributed by atoms with Gasteiger partial charge in [-0.1, -0.05) is 49.5 Å². The molecule has 0 atom stereocenters. The maximum Gasteiger partial charge on any atom is 0.150 e. The van der Waals surface area contributed by atoms with Gasteiger partial charge < -0.3 is 0 Å². The fraction of sp³-hybridized carbons (Fsp3) is 0.167. The molecule has 0 aromatic heterocycles. The Morgan fingerprint density at radius 2 is 1.42 bits per heavy atom. The quantitative estimate of drug-likeness (QED) is 0.595. The molecule has 0 heterocycles. The van der Waals surface area contributed by atoms with Crippen LogP contribution in [0.4, 0.5) is 0 Å². The molecule has 1 heteroatoms. The Morgan fingerprint density at radius 3 is 1.89 bits per heavy atom. The van der Waals surface area contributed by atoms with Gasteiger partial charge in [-0.25, -0.2) is 0 Å². The number of benzene rings is 2. The Morgan fingerprint density at radius 1 is 0.895 bits per heavy atom. The largest absolute Gasteiger partial charge is 0.298 e. The third-order valence-corrected chi connectivity index (χ3v) is 2.89. The Balaban J connectivity index is 2.11. The van der Waals surface area contributed by atoms with Crippen LogP contribution in [-0.2, 0) is 6.42 Å². The highest BCUT2D eigenvalue weighted by atomic mass is 16.1. The number of carbonyl (C=O) groups is 1. The van der Waals surface area contributed by atoms with Gasteiger partial charge in [0.1, 0.15) is 6.29 Å². The molecule has 94 valence electrons. The summed E-state index contributed by atoms with van der Waals surface area (Å²) in [6.07, 6.45) is 3.11. The van der Waals surface area contributed by atoms with Crippen molar-refractivity contribution < 1.29 is 4.79 Å². The van der Waals surface area contributed by atoms with E-state index in [1.54, 1.807) is 12.1 Å². The van der Waals surface area contributed by atoms with Gasteiger partial charge in [0.25, 0.3) is 0 Å². The SMILES string of the molecule is CCCc1ccc(C#Cc2ccc(C=O)cc2)cc1. The van der Waals surface area contributed by atoms with Crippen molar-refractivity contribution in [3.05, 3.63) is 70.8 Å². The Kier molecular flexibility index (Phi) is 4.53. The summed E-state index contributed by atoms with van der Waals surface area (Å²) in [4.78, 5) is 10.5. The lowest BCUT2D eigenvalue weighted by molar-refractivity contribution is 0.112. The molecule has 1 nitrogen and oxygen atoms in total. The predicted octanol–water partition coefficient (Wildman–Crippen LogP) is 3.85. The number of aryl methyl sites for hydroxylation is 1. The second-order valence-electron chi connectivity index (χ2n) is 4.44. The van der Waals surface area contributed by atoms with Crippen LogP contribution in [0.3, 0.4) is 0 Å². The molecule has 0 fully saturated rings. The lowest BCUT2D eigenvalue weighted by atomic mass is 10.1. The second kappa shape index (κ2) is 6.56. The molecule has 0 amide bonds. The highest BCUT2D eigenvalue weighted by molar-refractivity contribution is 5.74. The van der Waals surface area contributed by atoms with E-state index in [0.717, 1.165) is 30.3 Å². The minimum atomic E-state index is 0.675. The number of hydrogen-bond donors (Lipinski definition) is 0. The number of rotatable bonds is 3. The Hall–Kier alpha value is -2.33. The first kappa shape index (κ1) is 13.1. The molecular weight excluding hydrogens is 232 g/mol. The van der Waals surface area contributed by atoms with E-state index in [4.69, 9.17) is 0 Å². The van der Waals surface area contributed by atoms with E-state index in [1.165, 1.54) is 5.56 Å². The molecule has 0 N–H and O–H groups in total. The zero-order valence-corrected chi connectivity index (χ0v) is 11.0. The summed E-state index contributed by atoms with van der Waals surface area (Å²) < 4.78 is 0. The molecule has 2 rings (SSSR count). The molecule has 0 unspecified atom stereocenters. The molecule has 2 aromatic rings. The van der Waals surface area contributed by atoms with E-state index in [9.17, 15) is 4.79 Å². The molecule has 0 spiro atoms. The van der Waals surface area contributed by atoms with Crippen LogP contribution in [0.15, 0.2) is 48.5 Å². The third-order valence-electron chi connectivity index (χ3n) is 2.89. The molecule has 0 aliphatic heterocycles. The average molecular weight is 248 g/mol. The van der Waals surface area contributed by atoms with Gasteiger partial charge in [-0.15, -0.1) is 0 Å². The smallest absolute Gasteiger partial charge is 0.150 e. The zero-order valence-electron chi connectivity index (χ0n) is 11.0. The number of aldehydes is 1. The molecule has 0 saturated carbocycles. The lowest BCUT2D eigenvalue weighted by Crippen LogP contribution is -1.83. The van der Waals surface area contributed by atoms with Crippen molar-refractivity contribution in [2.45, 2.75) is 19.8 Å². The Labute approximate surface area is 114 Å². The second-order valence-corrected chi connectivity index (χ2v) is 4.44. The molecule has 0 aliphatic rings. The highest BCUT2D eigenvalue weighted by Crippen LogP contribution is 2.06. The summed E-state index contributed by atoms with van der Waals surface area (Å²) in [7, 11) is 0. The Bertz CT molecular complexity index is 595. The summed E-state index contributed by atoms with van der Waals surface area (Å²) >= 11 is 0. The minimum absolute atomic E-state index is 0.675. The maximum atomic E-state index is 10.5. The van der Waals surface area contributed by atoms with Gasteiger partial charge in [0, 0.05) is 16.7 Å². The van der Waals surface area contributed by atoms with Gasteiger partial charge in [-0.2, -0.15) is 0 Å². The topological polar surface area (TPSA) is 17.1 Å². The number of hydrogen-bond acceptors (Lipinski definition) is 1. The molecule has 19 heavy (non-hydrogen) atoms. The van der Waals surface area contributed by atoms with Gasteiger partial charge in [0.2, 0.25) is 0 Å². The first-order chi connectivity index (χ1) is 9.31. The van der Waals surface area contributed by atoms with Crippen molar-refractivity contribution in [1.82, 2.24) is 0 Å². The molecule has 0 aliphatic carbocycles. The first-order valence-electron chi connectivity index (χ1n) is 6.48. The molecular formula is C18H16O. The lowest BCUT2D eigenvalue weighted by Gasteiger charge is -1.97. The fourth-order valence-corrected chi connectivity index (χ4v) is 1.83. The van der Waals surface area contributed by atoms with Crippen molar-refractivity contribution in [3.8, 4) is 11.8 Å². The summed E-state index contributed by atoms with van der Waals surface area (Å²) in [5.74, 6) is 6.23. The van der Waals surface area contributed by atoms with E-state index in [2.05, 4.69) is 43.0 Å². The van der Waals surface area contributed by atoms with E-state index >= 15 is 0 Å². The van der Waals surface area contributed by atoms with Crippen molar-refractivity contribution in [2.75, 3.05) is 0 Å². The van der Waals surface area contributed by atoms with E-state index in [1.807, 2.05) is 12.1 Å². The van der Waals surface area contributed by atoms with Crippen molar-refractivity contribution >= 4 is 6.29 Å². The van der Waals surface area contributed by atoms with Crippen LogP contribution in [0.5, 0.6) is 0 Å². The van der Waals surface area contributed by atoms with Crippen LogP contribution < -0.4 is 0 Å². The predicted molar refractivity (Wildman–Crippen MR) is 78.2 cm³/mol. The van der Waals surface area contributed by atoms with E-state index in [-0.39, 0.29) is 0 Å². The maximum absolute atomic E-state index is 10.5. The molecule has 2 aromatic carbocycles. The standard InChI is InChI=1S/C18H16O/c1-2-3-15-4-6-16(7-5-15)8-9-17-10-12-18(14-19)13-11-17/h4-7,10-14H,2-3H2,1H3. The van der Waals surface area contributed by atoms with Gasteiger partial charge in [0.15, 0.2) is 0 Å². The minimum Gasteiger partial charge on any atom is -0.298 e. The van der Waals surface area contributed by atoms with Crippen LogP contribution in [0.2, 0.25) is 0 Å². The van der Waals surface area contributed by atoms with Crippen molar-refractivity contribution in [1.29, 1.82) is 0 Å². The highest BCUT2D eigenvalue weighted by Gasteiger charge is 1.92. The van der Waals surface area contributed by atoms with Crippen LogP contribution in [0.1, 0.15) is 40.4 Å². The third kappa shape index (κ3) is 3.82. The van der Waals surface area contributed by atoms with Crippen molar-refractivity contribution in [2.24, 2.45) is 0 Å². The van der Waals surface area contributed by atoms with E-state index < -0.39 is 0 Å². The van der Waals surface area contributed by atoms with Gasteiger partial charge in [-0.3, -0.25) is 4.79 Å². The molecule has 0 saturated heterocycles. The van der Waals surface area contributed by atoms with Gasteiger partial charge >= 0.3 is 0 Å².